The van der Waals surface area contributed by atoms with Crippen molar-refractivity contribution in [2.45, 2.75) is 24.4 Å². The third-order valence-electron chi connectivity index (χ3n) is 4.29. The van der Waals surface area contributed by atoms with E-state index in [2.05, 4.69) is 9.97 Å². The van der Waals surface area contributed by atoms with E-state index in [0.717, 1.165) is 24.3 Å². The fourth-order valence-corrected chi connectivity index (χ4v) is 2.84. The van der Waals surface area contributed by atoms with E-state index in [-0.39, 0.29) is 17.3 Å². The minimum atomic E-state index is -5.19. The summed E-state index contributed by atoms with van der Waals surface area (Å²) >= 11 is 0. The molecular formula is C19H8F9N3. The van der Waals surface area contributed by atoms with Crippen molar-refractivity contribution in [3.8, 4) is 6.07 Å². The summed E-state index contributed by atoms with van der Waals surface area (Å²) in [5.74, 6) is -1.35. The number of alkyl halides is 9. The Morgan fingerprint density at radius 3 is 1.84 bits per heavy atom. The lowest BCUT2D eigenvalue weighted by Gasteiger charge is -2.15. The van der Waals surface area contributed by atoms with Crippen LogP contribution < -0.4 is 0 Å². The Bertz CT molecular complexity index is 1150. The molecule has 162 valence electrons. The molecule has 0 saturated heterocycles. The summed E-state index contributed by atoms with van der Waals surface area (Å²) < 4.78 is 117. The highest BCUT2D eigenvalue weighted by molar-refractivity contribution is 5.80. The Morgan fingerprint density at radius 2 is 1.35 bits per heavy atom. The van der Waals surface area contributed by atoms with Gasteiger partial charge >= 0.3 is 18.5 Å². The number of hydrogen-bond donors (Lipinski definition) is 0. The van der Waals surface area contributed by atoms with E-state index in [1.807, 2.05) is 0 Å². The lowest BCUT2D eigenvalue weighted by molar-refractivity contribution is -0.144. The molecule has 3 rings (SSSR count). The minimum Gasteiger partial charge on any atom is -0.231 e. The maximum atomic E-state index is 13.2. The van der Waals surface area contributed by atoms with Gasteiger partial charge in [-0.1, -0.05) is 12.1 Å². The Labute approximate surface area is 167 Å². The van der Waals surface area contributed by atoms with Gasteiger partial charge in [-0.05, 0) is 35.9 Å². The van der Waals surface area contributed by atoms with Crippen LogP contribution in [-0.4, -0.2) is 9.97 Å². The monoisotopic (exact) mass is 449 g/mol. The van der Waals surface area contributed by atoms with E-state index in [9.17, 15) is 44.8 Å². The first kappa shape index (κ1) is 22.3. The van der Waals surface area contributed by atoms with E-state index >= 15 is 0 Å². The van der Waals surface area contributed by atoms with Gasteiger partial charge in [0.1, 0.15) is 11.6 Å². The van der Waals surface area contributed by atoms with E-state index in [1.54, 1.807) is 6.07 Å². The van der Waals surface area contributed by atoms with Gasteiger partial charge in [-0.15, -0.1) is 0 Å². The average Bonchev–Trinajstić information content (AvgIpc) is 2.65. The fraction of sp³-hybridized carbons (Fsp3) is 0.211. The molecule has 0 spiro atoms. The zero-order valence-electron chi connectivity index (χ0n) is 14.9. The van der Waals surface area contributed by atoms with Crippen molar-refractivity contribution < 1.29 is 39.5 Å². The summed E-state index contributed by atoms with van der Waals surface area (Å²) in [6.45, 7) is 0. The molecule has 0 saturated carbocycles. The molecule has 1 unspecified atom stereocenters. The highest BCUT2D eigenvalue weighted by Gasteiger charge is 2.39. The van der Waals surface area contributed by atoms with Gasteiger partial charge in [-0.2, -0.15) is 44.8 Å². The largest absolute Gasteiger partial charge is 0.433 e. The first-order valence-corrected chi connectivity index (χ1v) is 8.24. The third kappa shape index (κ3) is 4.55. The van der Waals surface area contributed by atoms with Crippen molar-refractivity contribution in [2.75, 3.05) is 0 Å². The number of nitriles is 1. The summed E-state index contributed by atoms with van der Waals surface area (Å²) in [5.41, 5.74) is -5.57. The molecule has 0 N–H and O–H groups in total. The molecule has 0 bridgehead atoms. The van der Waals surface area contributed by atoms with Crippen LogP contribution >= 0.6 is 0 Å². The first-order valence-electron chi connectivity index (χ1n) is 8.24. The van der Waals surface area contributed by atoms with Crippen LogP contribution in [0.2, 0.25) is 0 Å². The number of aromatic nitrogens is 2. The first-order chi connectivity index (χ1) is 14.2. The quantitative estimate of drug-likeness (QED) is 0.429. The topological polar surface area (TPSA) is 49.6 Å². The van der Waals surface area contributed by atoms with Crippen LogP contribution in [0, 0.1) is 11.3 Å². The van der Waals surface area contributed by atoms with Crippen LogP contribution in [0.1, 0.15) is 34.0 Å². The Balaban J connectivity index is 2.15. The highest BCUT2D eigenvalue weighted by atomic mass is 19.4. The summed E-state index contributed by atoms with van der Waals surface area (Å²) in [5, 5.41) is 8.69. The van der Waals surface area contributed by atoms with E-state index in [0.29, 0.717) is 12.1 Å². The van der Waals surface area contributed by atoms with Crippen molar-refractivity contribution >= 4 is 11.0 Å². The molecule has 0 aliphatic heterocycles. The lowest BCUT2D eigenvalue weighted by atomic mass is 9.95. The van der Waals surface area contributed by atoms with Crippen LogP contribution in [0.3, 0.4) is 0 Å². The Kier molecular flexibility index (Phi) is 5.33. The molecule has 2 heterocycles. The van der Waals surface area contributed by atoms with E-state index in [1.165, 1.54) is 0 Å². The lowest BCUT2D eigenvalue weighted by Crippen LogP contribution is -2.14. The minimum absolute atomic E-state index is 0.0189. The molecule has 1 atom stereocenters. The molecule has 3 nitrogen and oxygen atoms in total. The van der Waals surface area contributed by atoms with Gasteiger partial charge < -0.3 is 0 Å². The maximum absolute atomic E-state index is 13.2. The number of pyridine rings is 2. The summed E-state index contributed by atoms with van der Waals surface area (Å²) in [4.78, 5) is 6.83. The molecule has 0 aliphatic rings. The third-order valence-corrected chi connectivity index (χ3v) is 4.29. The number of rotatable bonds is 2. The second-order valence-electron chi connectivity index (χ2n) is 6.34. The van der Waals surface area contributed by atoms with Crippen LogP contribution in [0.25, 0.3) is 11.0 Å². The summed E-state index contributed by atoms with van der Waals surface area (Å²) in [6.07, 6.45) is -15.0. The van der Waals surface area contributed by atoms with Gasteiger partial charge in [0.2, 0.25) is 0 Å². The van der Waals surface area contributed by atoms with Crippen molar-refractivity contribution in [1.29, 1.82) is 5.26 Å². The second-order valence-corrected chi connectivity index (χ2v) is 6.34. The number of halogens is 9. The predicted octanol–water partition coefficient (Wildman–Crippen LogP) is 6.34. The predicted molar refractivity (Wildman–Crippen MR) is 88.4 cm³/mol. The van der Waals surface area contributed by atoms with Crippen LogP contribution in [0.4, 0.5) is 39.5 Å². The van der Waals surface area contributed by atoms with Gasteiger partial charge in [0.15, 0.2) is 5.65 Å². The van der Waals surface area contributed by atoms with Gasteiger partial charge in [0.25, 0.3) is 0 Å². The van der Waals surface area contributed by atoms with Crippen LogP contribution in [0.5, 0.6) is 0 Å². The van der Waals surface area contributed by atoms with E-state index in [4.69, 9.17) is 0 Å². The summed E-state index contributed by atoms with van der Waals surface area (Å²) in [7, 11) is 0. The van der Waals surface area contributed by atoms with Crippen molar-refractivity contribution in [2.24, 2.45) is 0 Å². The van der Waals surface area contributed by atoms with Gasteiger partial charge in [-0.3, -0.25) is 0 Å². The smallest absolute Gasteiger partial charge is 0.231 e. The Hall–Kier alpha value is -3.36. The Morgan fingerprint density at radius 1 is 0.742 bits per heavy atom. The van der Waals surface area contributed by atoms with Gasteiger partial charge in [0, 0.05) is 5.39 Å². The highest BCUT2D eigenvalue weighted by Crippen LogP contribution is 2.39. The molecule has 0 fully saturated rings. The summed E-state index contributed by atoms with van der Waals surface area (Å²) in [6, 6.07) is 6.74. The standard InChI is InChI=1S/C19H8F9N3/c20-17(21,22)10-3-1-9(2-4-10)12(8-29)14-6-5-11-13(18(23,24)25)7-15(19(26,27)28)31-16(11)30-14/h1-7,12H. The second kappa shape index (κ2) is 7.40. The number of fused-ring (bicyclic) bond motifs is 1. The molecule has 0 amide bonds. The van der Waals surface area contributed by atoms with Crippen LogP contribution in [-0.2, 0) is 18.5 Å². The average molecular weight is 449 g/mol. The molecule has 2 aromatic heterocycles. The molecule has 3 aromatic rings. The van der Waals surface area contributed by atoms with E-state index < -0.39 is 52.3 Å². The molecule has 1 aromatic carbocycles. The van der Waals surface area contributed by atoms with Gasteiger partial charge in [-0.25, -0.2) is 9.97 Å². The van der Waals surface area contributed by atoms with Crippen molar-refractivity contribution in [3.05, 3.63) is 70.5 Å². The molecule has 12 heteroatoms. The zero-order valence-corrected chi connectivity index (χ0v) is 14.9. The number of nitrogens with zero attached hydrogens (tertiary/aromatic N) is 3. The van der Waals surface area contributed by atoms with Crippen molar-refractivity contribution in [1.82, 2.24) is 9.97 Å². The van der Waals surface area contributed by atoms with Gasteiger partial charge in [0.05, 0.1) is 22.9 Å². The molecular weight excluding hydrogens is 441 g/mol. The maximum Gasteiger partial charge on any atom is 0.433 e. The normalized spacial score (nSPS) is 13.8. The molecule has 31 heavy (non-hydrogen) atoms. The van der Waals surface area contributed by atoms with Crippen molar-refractivity contribution in [3.63, 3.8) is 0 Å². The van der Waals surface area contributed by atoms with Crippen LogP contribution in [0.15, 0.2) is 42.5 Å². The SMILES string of the molecule is N#CC(c1ccc(C(F)(F)F)cc1)c1ccc2c(C(F)(F)F)cc(C(F)(F)F)nc2n1. The molecule has 0 aliphatic carbocycles. The fourth-order valence-electron chi connectivity index (χ4n) is 2.84. The molecule has 0 radical (unpaired) electrons. The number of benzene rings is 1. The zero-order chi connectivity index (χ0) is 23.2. The number of hydrogen-bond acceptors (Lipinski definition) is 3.